The maximum atomic E-state index is 11.2. The van der Waals surface area contributed by atoms with E-state index in [0.29, 0.717) is 6.42 Å². The third-order valence-electron chi connectivity index (χ3n) is 2.64. The molecule has 0 aliphatic heterocycles. The predicted molar refractivity (Wildman–Crippen MR) is 68.1 cm³/mol. The standard InChI is InChI=1S/C13H21NO4/c1-5-6-14(8-10(4)12(15)16)11(13(17)18)7-9(2)3/h1,9-11H,6-8H2,2-4H3,(H,15,16)(H,17,18). The van der Waals surface area contributed by atoms with Crippen molar-refractivity contribution in [2.75, 3.05) is 13.1 Å². The van der Waals surface area contributed by atoms with Crippen molar-refractivity contribution in [1.82, 2.24) is 4.90 Å². The van der Waals surface area contributed by atoms with E-state index in [4.69, 9.17) is 11.5 Å². The summed E-state index contributed by atoms with van der Waals surface area (Å²) in [5, 5.41) is 18.1. The highest BCUT2D eigenvalue weighted by Crippen LogP contribution is 2.14. The molecule has 0 aromatic heterocycles. The van der Waals surface area contributed by atoms with Crippen LogP contribution in [0.15, 0.2) is 0 Å². The number of carboxylic acid groups (broad SMARTS) is 2. The first-order chi connectivity index (χ1) is 8.29. The molecule has 2 N–H and O–H groups in total. The maximum Gasteiger partial charge on any atom is 0.320 e. The topological polar surface area (TPSA) is 77.8 Å². The highest BCUT2D eigenvalue weighted by atomic mass is 16.4. The number of nitrogens with zero attached hydrogens (tertiary/aromatic N) is 1. The molecule has 0 saturated heterocycles. The summed E-state index contributed by atoms with van der Waals surface area (Å²) in [5.41, 5.74) is 0. The van der Waals surface area contributed by atoms with E-state index in [0.717, 1.165) is 0 Å². The molecule has 0 spiro atoms. The first-order valence-electron chi connectivity index (χ1n) is 5.92. The summed E-state index contributed by atoms with van der Waals surface area (Å²) in [6.07, 6.45) is 5.67. The second kappa shape index (κ2) is 7.72. The van der Waals surface area contributed by atoms with E-state index in [9.17, 15) is 14.7 Å². The molecule has 0 amide bonds. The van der Waals surface area contributed by atoms with Crippen LogP contribution in [-0.2, 0) is 9.59 Å². The van der Waals surface area contributed by atoms with Gasteiger partial charge in [-0.15, -0.1) is 6.42 Å². The summed E-state index contributed by atoms with van der Waals surface area (Å²) in [4.78, 5) is 23.6. The molecule has 5 heteroatoms. The van der Waals surface area contributed by atoms with Crippen LogP contribution < -0.4 is 0 Å². The van der Waals surface area contributed by atoms with Gasteiger partial charge >= 0.3 is 11.9 Å². The molecule has 0 heterocycles. The van der Waals surface area contributed by atoms with Gasteiger partial charge in [-0.1, -0.05) is 26.7 Å². The Morgan fingerprint density at radius 2 is 1.78 bits per heavy atom. The van der Waals surface area contributed by atoms with Crippen LogP contribution in [0.5, 0.6) is 0 Å². The SMILES string of the molecule is C#CCN(CC(C)C(=O)O)C(CC(C)C)C(=O)O. The van der Waals surface area contributed by atoms with E-state index in [1.807, 2.05) is 13.8 Å². The minimum absolute atomic E-state index is 0.140. The second-order valence-corrected chi connectivity index (χ2v) is 4.86. The van der Waals surface area contributed by atoms with Crippen LogP contribution in [0.2, 0.25) is 0 Å². The fourth-order valence-electron chi connectivity index (χ4n) is 1.70. The Labute approximate surface area is 108 Å². The number of hydrogen-bond donors (Lipinski definition) is 2. The Kier molecular flexibility index (Phi) is 7.06. The first kappa shape index (κ1) is 16.5. The molecular weight excluding hydrogens is 234 g/mol. The summed E-state index contributed by atoms with van der Waals surface area (Å²) in [6.45, 7) is 5.67. The zero-order valence-corrected chi connectivity index (χ0v) is 11.1. The van der Waals surface area contributed by atoms with Gasteiger partial charge in [-0.3, -0.25) is 14.5 Å². The van der Waals surface area contributed by atoms with Crippen molar-refractivity contribution in [2.24, 2.45) is 11.8 Å². The van der Waals surface area contributed by atoms with E-state index >= 15 is 0 Å². The Bertz CT molecular complexity index is 332. The van der Waals surface area contributed by atoms with Gasteiger partial charge in [0.15, 0.2) is 0 Å². The normalized spacial score (nSPS) is 14.2. The molecule has 0 saturated carbocycles. The molecule has 102 valence electrons. The fraction of sp³-hybridized carbons (Fsp3) is 0.692. The summed E-state index contributed by atoms with van der Waals surface area (Å²) >= 11 is 0. The van der Waals surface area contributed by atoms with Crippen LogP contribution in [0.3, 0.4) is 0 Å². The van der Waals surface area contributed by atoms with E-state index in [2.05, 4.69) is 5.92 Å². The highest BCUT2D eigenvalue weighted by Gasteiger charge is 2.28. The van der Waals surface area contributed by atoms with Gasteiger partial charge in [0, 0.05) is 6.54 Å². The molecule has 0 rings (SSSR count). The molecule has 0 aromatic carbocycles. The Morgan fingerprint density at radius 3 is 2.11 bits per heavy atom. The zero-order chi connectivity index (χ0) is 14.3. The monoisotopic (exact) mass is 255 g/mol. The van der Waals surface area contributed by atoms with Crippen molar-refractivity contribution < 1.29 is 19.8 Å². The quantitative estimate of drug-likeness (QED) is 0.636. The van der Waals surface area contributed by atoms with Crippen molar-refractivity contribution in [2.45, 2.75) is 33.2 Å². The van der Waals surface area contributed by atoms with Gasteiger partial charge in [-0.05, 0) is 12.3 Å². The Balaban J connectivity index is 4.86. The number of carboxylic acids is 2. The van der Waals surface area contributed by atoms with Gasteiger partial charge in [-0.25, -0.2) is 0 Å². The molecule has 5 nitrogen and oxygen atoms in total. The molecular formula is C13H21NO4. The van der Waals surface area contributed by atoms with Crippen molar-refractivity contribution in [3.05, 3.63) is 0 Å². The van der Waals surface area contributed by atoms with Crippen LogP contribution in [-0.4, -0.2) is 46.2 Å². The lowest BCUT2D eigenvalue weighted by atomic mass is 10.0. The van der Waals surface area contributed by atoms with Gasteiger partial charge < -0.3 is 10.2 Å². The van der Waals surface area contributed by atoms with E-state index in [-0.39, 0.29) is 19.0 Å². The minimum atomic E-state index is -0.962. The molecule has 0 fully saturated rings. The third-order valence-corrected chi connectivity index (χ3v) is 2.64. The number of terminal acetylenes is 1. The zero-order valence-electron chi connectivity index (χ0n) is 11.1. The van der Waals surface area contributed by atoms with Crippen LogP contribution in [0.25, 0.3) is 0 Å². The summed E-state index contributed by atoms with van der Waals surface area (Å²) in [5.74, 6) is 0.0303. The van der Waals surface area contributed by atoms with E-state index in [1.54, 1.807) is 11.8 Å². The average molecular weight is 255 g/mol. The number of hydrogen-bond acceptors (Lipinski definition) is 3. The predicted octanol–water partition coefficient (Wildman–Crippen LogP) is 1.14. The lowest BCUT2D eigenvalue weighted by Crippen LogP contribution is -2.45. The fourth-order valence-corrected chi connectivity index (χ4v) is 1.70. The van der Waals surface area contributed by atoms with Crippen molar-refractivity contribution >= 4 is 11.9 Å². The van der Waals surface area contributed by atoms with E-state index < -0.39 is 23.9 Å². The minimum Gasteiger partial charge on any atom is -0.481 e. The Morgan fingerprint density at radius 1 is 1.22 bits per heavy atom. The molecule has 2 atom stereocenters. The van der Waals surface area contributed by atoms with Gasteiger partial charge in [0.05, 0.1) is 12.5 Å². The molecule has 2 unspecified atom stereocenters. The smallest absolute Gasteiger partial charge is 0.320 e. The second-order valence-electron chi connectivity index (χ2n) is 4.86. The third kappa shape index (κ3) is 5.69. The van der Waals surface area contributed by atoms with Crippen molar-refractivity contribution in [1.29, 1.82) is 0 Å². The summed E-state index contributed by atoms with van der Waals surface area (Å²) in [6, 6.07) is -0.733. The molecule has 0 bridgehead atoms. The average Bonchev–Trinajstić information content (AvgIpc) is 2.24. The first-order valence-corrected chi connectivity index (χ1v) is 5.92. The van der Waals surface area contributed by atoms with Gasteiger partial charge in [0.25, 0.3) is 0 Å². The highest BCUT2D eigenvalue weighted by molar-refractivity contribution is 5.74. The maximum absolute atomic E-state index is 11.2. The van der Waals surface area contributed by atoms with Gasteiger partial charge in [-0.2, -0.15) is 0 Å². The number of carbonyl (C=O) groups is 2. The molecule has 0 radical (unpaired) electrons. The summed E-state index contributed by atoms with van der Waals surface area (Å²) < 4.78 is 0. The number of aliphatic carboxylic acids is 2. The number of rotatable bonds is 8. The molecule has 18 heavy (non-hydrogen) atoms. The van der Waals surface area contributed by atoms with Crippen molar-refractivity contribution in [3.63, 3.8) is 0 Å². The van der Waals surface area contributed by atoms with Crippen LogP contribution in [0.1, 0.15) is 27.2 Å². The van der Waals surface area contributed by atoms with Crippen LogP contribution in [0.4, 0.5) is 0 Å². The van der Waals surface area contributed by atoms with Gasteiger partial charge in [0.2, 0.25) is 0 Å². The Hall–Kier alpha value is -1.54. The lowest BCUT2D eigenvalue weighted by Gasteiger charge is -2.29. The largest absolute Gasteiger partial charge is 0.481 e. The van der Waals surface area contributed by atoms with E-state index in [1.165, 1.54) is 0 Å². The van der Waals surface area contributed by atoms with Crippen LogP contribution in [0, 0.1) is 24.2 Å². The van der Waals surface area contributed by atoms with Crippen molar-refractivity contribution in [3.8, 4) is 12.3 Å². The molecule has 0 aliphatic rings. The molecule has 0 aromatic rings. The van der Waals surface area contributed by atoms with Crippen LogP contribution >= 0.6 is 0 Å². The summed E-state index contributed by atoms with van der Waals surface area (Å²) in [7, 11) is 0. The van der Waals surface area contributed by atoms with Gasteiger partial charge in [0.1, 0.15) is 6.04 Å². The molecule has 0 aliphatic carbocycles. The lowest BCUT2D eigenvalue weighted by molar-refractivity contribution is -0.147.